The van der Waals surface area contributed by atoms with Gasteiger partial charge in [0.1, 0.15) is 0 Å². The Morgan fingerprint density at radius 3 is 2.48 bits per heavy atom. The lowest BCUT2D eigenvalue weighted by atomic mass is 9.98. The van der Waals surface area contributed by atoms with Crippen molar-refractivity contribution in [2.24, 2.45) is 7.05 Å². The van der Waals surface area contributed by atoms with Gasteiger partial charge >= 0.3 is 5.76 Å². The van der Waals surface area contributed by atoms with Crippen molar-refractivity contribution in [2.45, 2.75) is 19.8 Å². The lowest BCUT2D eigenvalue weighted by Crippen LogP contribution is -2.34. The lowest BCUT2D eigenvalue weighted by molar-refractivity contribution is -0.130. The molecular formula is C17H19N3O3. The van der Waals surface area contributed by atoms with Crippen LogP contribution in [0.4, 0.5) is 0 Å². The minimum Gasteiger partial charge on any atom is -0.388 e. The van der Waals surface area contributed by atoms with E-state index in [9.17, 15) is 9.59 Å². The molecule has 1 aromatic carbocycles. The third kappa shape index (κ3) is 3.11. The second-order valence-electron chi connectivity index (χ2n) is 5.55. The van der Waals surface area contributed by atoms with Crippen molar-refractivity contribution in [1.82, 2.24) is 14.7 Å². The standard InChI is InChI=1S/C17H19N3O3/c1-3-15(21)20-10-8-13(9-11-20)12-4-6-14(7-5-12)16-18-19(2)17(22)23-16/h4-8H,3,9-11H2,1-2H3. The van der Waals surface area contributed by atoms with Crippen molar-refractivity contribution in [1.29, 1.82) is 0 Å². The molecule has 2 heterocycles. The molecule has 0 unspecified atom stereocenters. The predicted octanol–water partition coefficient (Wildman–Crippen LogP) is 2.07. The second kappa shape index (κ2) is 6.24. The smallest absolute Gasteiger partial charge is 0.388 e. The first-order chi connectivity index (χ1) is 11.1. The van der Waals surface area contributed by atoms with Gasteiger partial charge in [0.05, 0.1) is 0 Å². The largest absolute Gasteiger partial charge is 0.437 e. The van der Waals surface area contributed by atoms with E-state index in [1.807, 2.05) is 36.1 Å². The minimum atomic E-state index is -0.472. The molecule has 1 aliphatic rings. The quantitative estimate of drug-likeness (QED) is 0.870. The van der Waals surface area contributed by atoms with Crippen LogP contribution >= 0.6 is 0 Å². The van der Waals surface area contributed by atoms with Crippen molar-refractivity contribution < 1.29 is 9.21 Å². The molecule has 1 aliphatic heterocycles. The fourth-order valence-electron chi connectivity index (χ4n) is 2.67. The van der Waals surface area contributed by atoms with Crippen LogP contribution in [0.2, 0.25) is 0 Å². The Morgan fingerprint density at radius 2 is 1.96 bits per heavy atom. The van der Waals surface area contributed by atoms with Crippen LogP contribution in [-0.4, -0.2) is 33.7 Å². The van der Waals surface area contributed by atoms with Gasteiger partial charge in [0, 0.05) is 32.1 Å². The number of amides is 1. The molecule has 1 amide bonds. The van der Waals surface area contributed by atoms with E-state index in [2.05, 4.69) is 11.2 Å². The Hall–Kier alpha value is -2.63. The van der Waals surface area contributed by atoms with E-state index in [0.29, 0.717) is 18.9 Å². The first-order valence-corrected chi connectivity index (χ1v) is 7.70. The molecule has 0 spiro atoms. The van der Waals surface area contributed by atoms with Crippen LogP contribution < -0.4 is 5.76 Å². The summed E-state index contributed by atoms with van der Waals surface area (Å²) in [5, 5.41) is 4.04. The number of nitrogens with zero attached hydrogens (tertiary/aromatic N) is 3. The van der Waals surface area contributed by atoms with Gasteiger partial charge in [0.2, 0.25) is 11.8 Å². The SMILES string of the molecule is CCC(=O)N1CC=C(c2ccc(-c3nn(C)c(=O)o3)cc2)CC1. The topological polar surface area (TPSA) is 68.3 Å². The normalized spacial score (nSPS) is 14.7. The Kier molecular flexibility index (Phi) is 4.14. The molecule has 120 valence electrons. The van der Waals surface area contributed by atoms with Gasteiger partial charge in [-0.05, 0) is 29.7 Å². The summed E-state index contributed by atoms with van der Waals surface area (Å²) < 4.78 is 6.25. The van der Waals surface area contributed by atoms with Gasteiger partial charge < -0.3 is 9.32 Å². The van der Waals surface area contributed by atoms with Crippen LogP contribution in [0, 0.1) is 0 Å². The molecule has 3 rings (SSSR count). The number of hydrogen-bond acceptors (Lipinski definition) is 4. The molecule has 0 bridgehead atoms. The Bertz CT molecular complexity index is 799. The second-order valence-corrected chi connectivity index (χ2v) is 5.55. The third-order valence-electron chi connectivity index (χ3n) is 4.06. The zero-order chi connectivity index (χ0) is 16.4. The summed E-state index contributed by atoms with van der Waals surface area (Å²) in [4.78, 5) is 24.9. The Labute approximate surface area is 134 Å². The van der Waals surface area contributed by atoms with E-state index in [4.69, 9.17) is 4.42 Å². The molecule has 0 N–H and O–H groups in total. The summed E-state index contributed by atoms with van der Waals surface area (Å²) in [6.45, 7) is 3.31. The predicted molar refractivity (Wildman–Crippen MR) is 86.6 cm³/mol. The number of benzene rings is 1. The molecule has 1 aromatic heterocycles. The van der Waals surface area contributed by atoms with Gasteiger partial charge in [-0.3, -0.25) is 4.79 Å². The maximum atomic E-state index is 11.7. The summed E-state index contributed by atoms with van der Waals surface area (Å²) in [6.07, 6.45) is 3.50. The minimum absolute atomic E-state index is 0.195. The van der Waals surface area contributed by atoms with Crippen molar-refractivity contribution >= 4 is 11.5 Å². The molecule has 0 saturated carbocycles. The average Bonchev–Trinajstić information content (AvgIpc) is 2.93. The van der Waals surface area contributed by atoms with Crippen LogP contribution in [0.5, 0.6) is 0 Å². The number of carbonyl (C=O) groups excluding carboxylic acids is 1. The van der Waals surface area contributed by atoms with Crippen LogP contribution in [0.25, 0.3) is 17.0 Å². The number of aromatic nitrogens is 2. The summed E-state index contributed by atoms with van der Waals surface area (Å²) in [5.74, 6) is 0.0435. The summed E-state index contributed by atoms with van der Waals surface area (Å²) in [6, 6.07) is 7.77. The molecule has 0 saturated heterocycles. The van der Waals surface area contributed by atoms with Crippen molar-refractivity contribution in [3.05, 3.63) is 46.5 Å². The van der Waals surface area contributed by atoms with E-state index in [1.54, 1.807) is 7.05 Å². The highest BCUT2D eigenvalue weighted by molar-refractivity contribution is 5.78. The van der Waals surface area contributed by atoms with Gasteiger partial charge in [-0.2, -0.15) is 4.68 Å². The van der Waals surface area contributed by atoms with Crippen LogP contribution in [0.3, 0.4) is 0 Å². The zero-order valence-electron chi connectivity index (χ0n) is 13.3. The Morgan fingerprint density at radius 1 is 1.26 bits per heavy atom. The van der Waals surface area contributed by atoms with E-state index >= 15 is 0 Å². The van der Waals surface area contributed by atoms with E-state index < -0.39 is 5.76 Å². The van der Waals surface area contributed by atoms with Gasteiger partial charge in [-0.25, -0.2) is 4.79 Å². The average molecular weight is 313 g/mol. The zero-order valence-corrected chi connectivity index (χ0v) is 13.3. The molecule has 6 heteroatoms. The molecule has 6 nitrogen and oxygen atoms in total. The molecule has 0 atom stereocenters. The molecule has 23 heavy (non-hydrogen) atoms. The lowest BCUT2D eigenvalue weighted by Gasteiger charge is -2.26. The molecule has 0 radical (unpaired) electrons. The van der Waals surface area contributed by atoms with E-state index in [-0.39, 0.29) is 5.91 Å². The highest BCUT2D eigenvalue weighted by Gasteiger charge is 2.16. The van der Waals surface area contributed by atoms with Crippen molar-refractivity contribution in [3.8, 4) is 11.5 Å². The first kappa shape index (κ1) is 15.3. The highest BCUT2D eigenvalue weighted by atomic mass is 16.4. The van der Waals surface area contributed by atoms with Crippen LogP contribution in [0.1, 0.15) is 25.3 Å². The number of aryl methyl sites for hydroxylation is 1. The van der Waals surface area contributed by atoms with Gasteiger partial charge in [0.25, 0.3) is 0 Å². The van der Waals surface area contributed by atoms with Gasteiger partial charge in [-0.1, -0.05) is 25.1 Å². The fourth-order valence-corrected chi connectivity index (χ4v) is 2.67. The van der Waals surface area contributed by atoms with Crippen LogP contribution in [-0.2, 0) is 11.8 Å². The molecule has 2 aromatic rings. The van der Waals surface area contributed by atoms with E-state index in [0.717, 1.165) is 24.1 Å². The molecule has 0 aliphatic carbocycles. The maximum Gasteiger partial charge on any atom is 0.437 e. The summed E-state index contributed by atoms with van der Waals surface area (Å²) in [7, 11) is 1.56. The van der Waals surface area contributed by atoms with Gasteiger partial charge in [-0.15, -0.1) is 5.10 Å². The molecule has 0 fully saturated rings. The third-order valence-corrected chi connectivity index (χ3v) is 4.06. The fraction of sp³-hybridized carbons (Fsp3) is 0.353. The first-order valence-electron chi connectivity index (χ1n) is 7.70. The van der Waals surface area contributed by atoms with Gasteiger partial charge in [0.15, 0.2) is 0 Å². The van der Waals surface area contributed by atoms with Crippen LogP contribution in [0.15, 0.2) is 39.6 Å². The Balaban J connectivity index is 1.76. The molecular weight excluding hydrogens is 294 g/mol. The number of hydrogen-bond donors (Lipinski definition) is 0. The number of rotatable bonds is 3. The van der Waals surface area contributed by atoms with E-state index in [1.165, 1.54) is 10.3 Å². The highest BCUT2D eigenvalue weighted by Crippen LogP contribution is 2.25. The van der Waals surface area contributed by atoms with Crippen molar-refractivity contribution in [2.75, 3.05) is 13.1 Å². The summed E-state index contributed by atoms with van der Waals surface area (Å²) >= 11 is 0. The monoisotopic (exact) mass is 313 g/mol. The number of carbonyl (C=O) groups is 1. The van der Waals surface area contributed by atoms with Crippen molar-refractivity contribution in [3.63, 3.8) is 0 Å². The maximum absolute atomic E-state index is 11.7. The summed E-state index contributed by atoms with van der Waals surface area (Å²) in [5.41, 5.74) is 3.13.